The van der Waals surface area contributed by atoms with Crippen molar-refractivity contribution >= 4 is 18.1 Å². The molecule has 0 atom stereocenters. The summed E-state index contributed by atoms with van der Waals surface area (Å²) in [6, 6.07) is 2.35. The molecule has 2 aromatic rings. The number of imidazole rings is 1. The van der Waals surface area contributed by atoms with E-state index in [0.29, 0.717) is 5.65 Å². The van der Waals surface area contributed by atoms with Crippen molar-refractivity contribution in [2.75, 3.05) is 0 Å². The predicted octanol–water partition coefficient (Wildman–Crippen LogP) is 2.77. The topological polar surface area (TPSA) is 17.3 Å². The second-order valence-corrected chi connectivity index (χ2v) is 2.61. The largest absolute Gasteiger partial charge is 0.417 e. The van der Waals surface area contributed by atoms with Crippen LogP contribution in [0.3, 0.4) is 0 Å². The Bertz CT molecular complexity index is 435. The van der Waals surface area contributed by atoms with Crippen LogP contribution >= 0.6 is 12.4 Å². The Morgan fingerprint density at radius 3 is 2.57 bits per heavy atom. The van der Waals surface area contributed by atoms with E-state index in [0.717, 1.165) is 12.3 Å². The number of halogens is 4. The molecule has 0 amide bonds. The number of hydrogen-bond donors (Lipinski definition) is 0. The molecule has 0 aliphatic carbocycles. The number of aromatic nitrogens is 2. The normalized spacial score (nSPS) is 11.4. The van der Waals surface area contributed by atoms with Crippen molar-refractivity contribution < 1.29 is 13.2 Å². The molecule has 0 radical (unpaired) electrons. The number of nitrogens with zero attached hydrogens (tertiary/aromatic N) is 2. The molecule has 2 nitrogen and oxygen atoms in total. The first-order chi connectivity index (χ1) is 6.07. The zero-order chi connectivity index (χ0) is 9.47. The van der Waals surface area contributed by atoms with Crippen molar-refractivity contribution in [3.8, 4) is 0 Å². The lowest BCUT2D eigenvalue weighted by atomic mass is 10.3. The van der Waals surface area contributed by atoms with E-state index in [9.17, 15) is 13.2 Å². The molecule has 0 spiro atoms. The van der Waals surface area contributed by atoms with Crippen LogP contribution in [0.15, 0.2) is 30.7 Å². The molecule has 2 aromatic heterocycles. The van der Waals surface area contributed by atoms with Gasteiger partial charge in [-0.3, -0.25) is 0 Å². The zero-order valence-corrected chi connectivity index (χ0v) is 7.64. The first kappa shape index (κ1) is 10.8. The molecule has 0 unspecified atom stereocenters. The fraction of sp³-hybridized carbons (Fsp3) is 0.125. The van der Waals surface area contributed by atoms with Gasteiger partial charge in [0.1, 0.15) is 5.65 Å². The minimum absolute atomic E-state index is 0. The van der Waals surface area contributed by atoms with Crippen molar-refractivity contribution in [3.63, 3.8) is 0 Å². The second kappa shape index (κ2) is 3.49. The van der Waals surface area contributed by atoms with Gasteiger partial charge in [0.2, 0.25) is 0 Å². The highest BCUT2D eigenvalue weighted by molar-refractivity contribution is 5.85. The molecule has 0 fully saturated rings. The summed E-state index contributed by atoms with van der Waals surface area (Å²) < 4.78 is 37.9. The second-order valence-electron chi connectivity index (χ2n) is 2.61. The third-order valence-corrected chi connectivity index (χ3v) is 1.72. The Kier molecular flexibility index (Phi) is 2.71. The lowest BCUT2D eigenvalue weighted by molar-refractivity contribution is -0.137. The van der Waals surface area contributed by atoms with Gasteiger partial charge >= 0.3 is 6.18 Å². The molecule has 2 heterocycles. The maximum Gasteiger partial charge on any atom is 0.417 e. The van der Waals surface area contributed by atoms with E-state index >= 15 is 0 Å². The number of fused-ring (bicyclic) bond motifs is 1. The van der Waals surface area contributed by atoms with Crippen LogP contribution in [0.4, 0.5) is 13.2 Å². The average Bonchev–Trinajstić information content (AvgIpc) is 2.47. The minimum atomic E-state index is -4.29. The Labute approximate surface area is 83.8 Å². The van der Waals surface area contributed by atoms with E-state index in [1.54, 1.807) is 0 Å². The summed E-state index contributed by atoms with van der Waals surface area (Å²) in [4.78, 5) is 3.84. The molecule has 2 rings (SSSR count). The average molecular weight is 223 g/mol. The molecule has 0 bridgehead atoms. The van der Waals surface area contributed by atoms with Gasteiger partial charge < -0.3 is 4.40 Å². The predicted molar refractivity (Wildman–Crippen MR) is 47.4 cm³/mol. The lowest BCUT2D eigenvalue weighted by Crippen LogP contribution is -2.05. The summed E-state index contributed by atoms with van der Waals surface area (Å²) in [5, 5.41) is 0. The first-order valence-corrected chi connectivity index (χ1v) is 3.57. The monoisotopic (exact) mass is 222 g/mol. The molecule has 0 saturated carbocycles. The maximum atomic E-state index is 12.2. The fourth-order valence-corrected chi connectivity index (χ4v) is 1.09. The highest BCUT2D eigenvalue weighted by Gasteiger charge is 2.30. The van der Waals surface area contributed by atoms with E-state index in [4.69, 9.17) is 0 Å². The van der Waals surface area contributed by atoms with Gasteiger partial charge in [0.15, 0.2) is 0 Å². The van der Waals surface area contributed by atoms with Gasteiger partial charge in [-0.2, -0.15) is 13.2 Å². The first-order valence-electron chi connectivity index (χ1n) is 3.57. The Hall–Kier alpha value is -1.23. The van der Waals surface area contributed by atoms with Gasteiger partial charge in [0, 0.05) is 18.6 Å². The maximum absolute atomic E-state index is 12.2. The van der Waals surface area contributed by atoms with Crippen LogP contribution in [0, 0.1) is 0 Å². The smallest absolute Gasteiger partial charge is 0.307 e. The van der Waals surface area contributed by atoms with E-state index in [1.165, 1.54) is 22.9 Å². The number of hydrogen-bond acceptors (Lipinski definition) is 1. The number of alkyl halides is 3. The van der Waals surface area contributed by atoms with Gasteiger partial charge in [-0.05, 0) is 12.1 Å². The summed E-state index contributed by atoms with van der Waals surface area (Å²) in [5.74, 6) is 0. The highest BCUT2D eigenvalue weighted by atomic mass is 35.5. The summed E-state index contributed by atoms with van der Waals surface area (Å²) in [6.45, 7) is 0. The molecule has 0 aliphatic rings. The summed E-state index contributed by atoms with van der Waals surface area (Å²) in [6.07, 6.45) is -0.346. The van der Waals surface area contributed by atoms with E-state index < -0.39 is 11.7 Å². The van der Waals surface area contributed by atoms with Crippen LogP contribution in [0.2, 0.25) is 0 Å². The fourth-order valence-electron chi connectivity index (χ4n) is 1.09. The standard InChI is InChI=1S/C8H5F3N2.ClH/c9-8(10,11)6-1-2-7-12-3-4-13(7)5-6;/h1-5H;1H. The molecular formula is C8H6ClF3N2. The molecular weight excluding hydrogens is 217 g/mol. The molecule has 76 valence electrons. The Morgan fingerprint density at radius 2 is 1.93 bits per heavy atom. The van der Waals surface area contributed by atoms with E-state index in [-0.39, 0.29) is 12.4 Å². The van der Waals surface area contributed by atoms with Crippen LogP contribution in [-0.4, -0.2) is 9.38 Å². The number of pyridine rings is 1. The third kappa shape index (κ3) is 1.82. The van der Waals surface area contributed by atoms with Crippen LogP contribution in [0.5, 0.6) is 0 Å². The molecule has 6 heteroatoms. The molecule has 0 aromatic carbocycles. The van der Waals surface area contributed by atoms with E-state index in [2.05, 4.69) is 4.98 Å². The highest BCUT2D eigenvalue weighted by Crippen LogP contribution is 2.28. The Balaban J connectivity index is 0.000000980. The van der Waals surface area contributed by atoms with Gasteiger partial charge in [-0.15, -0.1) is 12.4 Å². The van der Waals surface area contributed by atoms with Crippen molar-refractivity contribution in [2.24, 2.45) is 0 Å². The van der Waals surface area contributed by atoms with Crippen LogP contribution < -0.4 is 0 Å². The third-order valence-electron chi connectivity index (χ3n) is 1.72. The Morgan fingerprint density at radius 1 is 1.21 bits per heavy atom. The van der Waals surface area contributed by atoms with Crippen molar-refractivity contribution in [1.29, 1.82) is 0 Å². The molecule has 0 aliphatic heterocycles. The SMILES string of the molecule is Cl.FC(F)(F)c1ccc2nccn2c1. The summed E-state index contributed by atoms with van der Waals surface area (Å²) in [7, 11) is 0. The van der Waals surface area contributed by atoms with Crippen molar-refractivity contribution in [1.82, 2.24) is 9.38 Å². The molecule has 0 N–H and O–H groups in total. The molecule has 0 saturated heterocycles. The van der Waals surface area contributed by atoms with Crippen LogP contribution in [0.1, 0.15) is 5.56 Å². The van der Waals surface area contributed by atoms with Crippen molar-refractivity contribution in [2.45, 2.75) is 6.18 Å². The summed E-state index contributed by atoms with van der Waals surface area (Å²) in [5.41, 5.74) is -0.161. The quantitative estimate of drug-likeness (QED) is 0.670. The number of rotatable bonds is 0. The van der Waals surface area contributed by atoms with Crippen LogP contribution in [-0.2, 0) is 6.18 Å². The lowest BCUT2D eigenvalue weighted by Gasteiger charge is -2.05. The van der Waals surface area contributed by atoms with Gasteiger partial charge in [0.05, 0.1) is 5.56 Å². The molecule has 14 heavy (non-hydrogen) atoms. The summed E-state index contributed by atoms with van der Waals surface area (Å²) >= 11 is 0. The van der Waals surface area contributed by atoms with Crippen LogP contribution in [0.25, 0.3) is 5.65 Å². The van der Waals surface area contributed by atoms with E-state index in [1.807, 2.05) is 0 Å². The zero-order valence-electron chi connectivity index (χ0n) is 6.82. The minimum Gasteiger partial charge on any atom is -0.307 e. The van der Waals surface area contributed by atoms with Gasteiger partial charge in [-0.1, -0.05) is 0 Å². The van der Waals surface area contributed by atoms with Crippen molar-refractivity contribution in [3.05, 3.63) is 36.3 Å². The van der Waals surface area contributed by atoms with Gasteiger partial charge in [-0.25, -0.2) is 4.98 Å². The van der Waals surface area contributed by atoms with Gasteiger partial charge in [0.25, 0.3) is 0 Å².